The summed E-state index contributed by atoms with van der Waals surface area (Å²) in [5.74, 6) is -0.00514. The van der Waals surface area contributed by atoms with E-state index in [1.807, 2.05) is 95.5 Å². The van der Waals surface area contributed by atoms with E-state index in [9.17, 15) is 26.4 Å². The largest absolute Gasteiger partial charge is 0.488 e. The Balaban J connectivity index is 0.000000417. The number of amides is 1. The highest BCUT2D eigenvalue weighted by Gasteiger charge is 2.15. The van der Waals surface area contributed by atoms with Gasteiger partial charge in [0, 0.05) is 37.2 Å². The van der Waals surface area contributed by atoms with Gasteiger partial charge >= 0.3 is 13.1 Å². The molecule has 0 atom stereocenters. The molecule has 0 fully saturated rings. The van der Waals surface area contributed by atoms with Crippen LogP contribution in [0, 0.1) is 111 Å². The van der Waals surface area contributed by atoms with E-state index in [-0.39, 0.29) is 10.8 Å². The topological polar surface area (TPSA) is 242 Å². The van der Waals surface area contributed by atoms with Gasteiger partial charge in [0.25, 0.3) is 10.1 Å². The molecule has 580 valence electrons. The van der Waals surface area contributed by atoms with Crippen molar-refractivity contribution in [2.24, 2.45) is 5.73 Å². The molecule has 0 unspecified atom stereocenters. The highest BCUT2D eigenvalue weighted by Crippen LogP contribution is 2.25. The minimum absolute atomic E-state index is 0.0116. The van der Waals surface area contributed by atoms with E-state index in [4.69, 9.17) is 30.5 Å². The van der Waals surface area contributed by atoms with E-state index in [1.54, 1.807) is 51.1 Å². The lowest BCUT2D eigenvalue weighted by atomic mass is 9.77. The summed E-state index contributed by atoms with van der Waals surface area (Å²) in [6, 6.07) is 52.2. The first-order valence-corrected chi connectivity index (χ1v) is 41.1. The number of sulfone groups is 1. The molecule has 1 heterocycles. The number of thiol groups is 1. The van der Waals surface area contributed by atoms with Gasteiger partial charge in [-0.05, 0) is 288 Å². The third-order valence-corrected chi connectivity index (χ3v) is 20.5. The Morgan fingerprint density at radius 3 is 1.12 bits per heavy atom. The number of aliphatic hydroxyl groups excluding tert-OH is 1. The van der Waals surface area contributed by atoms with Gasteiger partial charge in [0.2, 0.25) is 5.91 Å². The maximum absolute atomic E-state index is 11.2. The molecule has 0 bridgehead atoms. The zero-order valence-electron chi connectivity index (χ0n) is 66.9. The van der Waals surface area contributed by atoms with E-state index in [0.717, 1.165) is 89.6 Å². The van der Waals surface area contributed by atoms with E-state index in [2.05, 4.69) is 146 Å². The van der Waals surface area contributed by atoms with Gasteiger partial charge in [-0.25, -0.2) is 8.42 Å². The van der Waals surface area contributed by atoms with Crippen molar-refractivity contribution < 1.29 is 51.2 Å². The van der Waals surface area contributed by atoms with Gasteiger partial charge in [0.1, 0.15) is 0 Å². The van der Waals surface area contributed by atoms with Crippen LogP contribution in [0.3, 0.4) is 0 Å². The Hall–Kier alpha value is -8.00. The van der Waals surface area contributed by atoms with Gasteiger partial charge in [-0.15, -0.1) is 0 Å². The Bertz CT molecular complexity index is 4270. The second-order valence-electron chi connectivity index (χ2n) is 28.1. The summed E-state index contributed by atoms with van der Waals surface area (Å²) in [5, 5.41) is 34.9. The molecule has 0 spiro atoms. The van der Waals surface area contributed by atoms with E-state index in [1.165, 1.54) is 136 Å². The predicted octanol–water partition coefficient (Wildman–Crippen LogP) is 19.6. The normalized spacial score (nSPS) is 10.6. The highest BCUT2D eigenvalue weighted by molar-refractivity contribution is 7.90. The summed E-state index contributed by atoms with van der Waals surface area (Å²) in [6.07, 6.45) is 22.7. The standard InChI is InChI=1S/C15H22O2.C14H22O.C14H22S.C13H13N.C9H11NO.C9H12O2S.C8H11BO2.C8H10O3S/c1-12-9-10-13(2)14(11-12)7-5-3-4-6-8-15(16)17;2*1-12-8-9-13(2)14(11-12)7-5-3-4-6-10-15;1-10-3-4-11(2)13(9-10)12-5-7-14-8-6-12;1-6-3-4-7(2)8(5-6)9(10)11;1-7-4-5-8(2)9(6-7)12(3,10)11;1-6-3-4-7(2)8(5-6)9(10)11;1-6-3-4-7(2)8(5-6)12(9,10)11/h9-11H,3-8H2,1-2H3,(H,16,17);2*8-9,11,15H,3-7,10H2,1-2H3;3-9H,1-2H3;3-5H,1-2H3,(H2,10,11);4-6H,1-3H3;3-5,10-11H,1-2H3;3-5H,1-2H3,(H,9,10,11). The molecule has 0 aliphatic heterocycles. The number of carboxylic acid groups (broad SMARTS) is 1. The zero-order valence-corrected chi connectivity index (χ0v) is 69.5. The van der Waals surface area contributed by atoms with Crippen molar-refractivity contribution in [2.45, 2.75) is 223 Å². The van der Waals surface area contributed by atoms with E-state index in [0.29, 0.717) is 34.5 Å². The lowest BCUT2D eigenvalue weighted by Gasteiger charge is -2.06. The molecular formula is C90H123BN2O11S3. The van der Waals surface area contributed by atoms with Gasteiger partial charge in [0.15, 0.2) is 9.84 Å². The Morgan fingerprint density at radius 1 is 0.411 bits per heavy atom. The molecule has 7 N–H and O–H groups in total. The molecule has 0 aliphatic carbocycles. The number of hydrogen-bond donors (Lipinski definition) is 7. The van der Waals surface area contributed by atoms with Crippen molar-refractivity contribution >= 4 is 57.0 Å². The molecule has 9 aromatic rings. The number of carbonyl (C=O) groups excluding carboxylic acids is 1. The van der Waals surface area contributed by atoms with E-state index >= 15 is 0 Å². The van der Waals surface area contributed by atoms with Crippen LogP contribution in [0.15, 0.2) is 180 Å². The van der Waals surface area contributed by atoms with Gasteiger partial charge in [-0.1, -0.05) is 205 Å². The third-order valence-electron chi connectivity index (χ3n) is 17.9. The number of nitrogens with zero attached hydrogens (tertiary/aromatic N) is 1. The smallest absolute Gasteiger partial charge is 0.481 e. The summed E-state index contributed by atoms with van der Waals surface area (Å²) in [7, 11) is -8.46. The third kappa shape index (κ3) is 39.6. The molecule has 13 nitrogen and oxygen atoms in total. The summed E-state index contributed by atoms with van der Waals surface area (Å²) < 4.78 is 52.7. The molecule has 1 amide bonds. The van der Waals surface area contributed by atoms with Crippen LogP contribution in [-0.4, -0.2) is 84.2 Å². The number of aliphatic carboxylic acids is 1. The summed E-state index contributed by atoms with van der Waals surface area (Å²) in [5.41, 5.74) is 31.3. The summed E-state index contributed by atoms with van der Waals surface area (Å²) in [4.78, 5) is 25.6. The fraction of sp³-hybridized carbons (Fsp3) is 0.389. The second kappa shape index (κ2) is 50.6. The quantitative estimate of drug-likeness (QED) is 0.0129. The number of unbranched alkanes of at least 4 members (excludes halogenated alkanes) is 9. The van der Waals surface area contributed by atoms with Gasteiger partial charge in [-0.3, -0.25) is 19.1 Å². The lowest BCUT2D eigenvalue weighted by Crippen LogP contribution is -2.32. The number of nitrogens with two attached hydrogens (primary N) is 1. The van der Waals surface area contributed by atoms with Crippen LogP contribution in [0.4, 0.5) is 0 Å². The number of aryl methyl sites for hydroxylation is 19. The van der Waals surface area contributed by atoms with Crippen LogP contribution in [-0.2, 0) is 44.0 Å². The first kappa shape index (κ1) is 95.1. The fourth-order valence-corrected chi connectivity index (χ4v) is 13.5. The highest BCUT2D eigenvalue weighted by atomic mass is 32.2. The zero-order chi connectivity index (χ0) is 80.4. The van der Waals surface area contributed by atoms with Gasteiger partial charge in [-0.2, -0.15) is 21.0 Å². The first-order chi connectivity index (χ1) is 50.4. The molecule has 0 radical (unpaired) electrons. The van der Waals surface area contributed by atoms with Gasteiger partial charge in [0.05, 0.1) is 9.79 Å². The maximum Gasteiger partial charge on any atom is 0.488 e. The lowest BCUT2D eigenvalue weighted by molar-refractivity contribution is -0.137. The fourth-order valence-electron chi connectivity index (χ4n) is 11.4. The van der Waals surface area contributed by atoms with Crippen LogP contribution in [0.2, 0.25) is 0 Å². The minimum Gasteiger partial charge on any atom is -0.481 e. The molecule has 17 heteroatoms. The van der Waals surface area contributed by atoms with Crippen LogP contribution in [0.1, 0.15) is 200 Å². The SMILES string of the molecule is Cc1ccc(C)c(-c2ccncc2)c1.Cc1ccc(C)c(B(O)O)c1.Cc1ccc(C)c(C(N)=O)c1.Cc1ccc(C)c(CCCCCCC(=O)O)c1.Cc1ccc(C)c(CCCCCCO)c1.Cc1ccc(C)c(CCCCCCS)c1.Cc1ccc(C)c(S(=O)(=O)O)c1.Cc1ccc(C)c(S(C)(=O)=O)c1. The monoisotopic (exact) mass is 1510 g/mol. The molecule has 0 saturated carbocycles. The Kier molecular flexibility index (Phi) is 45.0. The van der Waals surface area contributed by atoms with Gasteiger partial charge < -0.3 is 26.0 Å². The number of benzene rings is 8. The predicted molar refractivity (Wildman–Crippen MR) is 452 cm³/mol. The summed E-state index contributed by atoms with van der Waals surface area (Å²) >= 11 is 4.22. The van der Waals surface area contributed by atoms with Crippen LogP contribution in [0.5, 0.6) is 0 Å². The number of aliphatic hydroxyl groups is 1. The molecule has 107 heavy (non-hydrogen) atoms. The van der Waals surface area contributed by atoms with Crippen LogP contribution >= 0.6 is 12.6 Å². The van der Waals surface area contributed by atoms with Crippen molar-refractivity contribution in [2.75, 3.05) is 18.6 Å². The van der Waals surface area contributed by atoms with Crippen molar-refractivity contribution in [3.05, 3.63) is 281 Å². The number of carboxylic acids is 1. The summed E-state index contributed by atoms with van der Waals surface area (Å²) in [6.45, 7) is 32.3. The molecule has 8 aromatic carbocycles. The van der Waals surface area contributed by atoms with Crippen molar-refractivity contribution in [1.82, 2.24) is 4.98 Å². The van der Waals surface area contributed by atoms with E-state index < -0.39 is 33.0 Å². The molecule has 0 saturated heterocycles. The minimum atomic E-state index is -4.06. The maximum atomic E-state index is 11.2. The average molecular weight is 1520 g/mol. The number of aromatic nitrogens is 1. The average Bonchev–Trinajstić information content (AvgIpc) is 0.843. The number of rotatable bonds is 24. The molecule has 9 rings (SSSR count). The van der Waals surface area contributed by atoms with Crippen molar-refractivity contribution in [1.29, 1.82) is 0 Å². The first-order valence-electron chi connectivity index (χ1n) is 37.1. The van der Waals surface area contributed by atoms with Crippen molar-refractivity contribution in [3.63, 3.8) is 0 Å². The molecular weight excluding hydrogens is 1390 g/mol. The Labute approximate surface area is 649 Å². The van der Waals surface area contributed by atoms with Crippen molar-refractivity contribution in [3.8, 4) is 11.1 Å². The molecule has 0 aliphatic rings. The number of primary amides is 1. The second-order valence-corrected chi connectivity index (χ2v) is 32.0. The number of carbonyl (C=O) groups is 2. The number of pyridine rings is 1. The van der Waals surface area contributed by atoms with Crippen LogP contribution in [0.25, 0.3) is 11.1 Å². The Morgan fingerprint density at radius 2 is 0.757 bits per heavy atom. The van der Waals surface area contributed by atoms with Crippen LogP contribution < -0.4 is 11.2 Å². The molecule has 1 aromatic heterocycles. The number of hydrogen-bond acceptors (Lipinski definition) is 11.